The van der Waals surface area contributed by atoms with Gasteiger partial charge in [0, 0.05) is 36.6 Å². The zero-order valence-electron chi connectivity index (χ0n) is 12.5. The Morgan fingerprint density at radius 2 is 2.10 bits per heavy atom. The Hall–Kier alpha value is -0.720. The van der Waals surface area contributed by atoms with Gasteiger partial charge in [-0.25, -0.2) is 4.98 Å². The second-order valence-corrected chi connectivity index (χ2v) is 6.55. The number of anilines is 1. The highest BCUT2D eigenvalue weighted by Crippen LogP contribution is 2.20. The molecule has 0 saturated heterocycles. The van der Waals surface area contributed by atoms with Gasteiger partial charge in [-0.3, -0.25) is 0 Å². The van der Waals surface area contributed by atoms with Crippen LogP contribution in [0.4, 0.5) is 5.13 Å². The predicted octanol–water partition coefficient (Wildman–Crippen LogP) is 2.75. The van der Waals surface area contributed by atoms with Crippen LogP contribution in [0.5, 0.6) is 0 Å². The molecule has 0 aliphatic heterocycles. The number of nitrogens with one attached hydrogen (secondary N) is 1. The largest absolute Gasteiger partial charge is 0.378 e. The molecule has 0 unspecified atom stereocenters. The molecule has 1 aliphatic carbocycles. The third kappa shape index (κ3) is 5.00. The quantitative estimate of drug-likeness (QED) is 0.757. The Balaban J connectivity index is 1.55. The van der Waals surface area contributed by atoms with Crippen molar-refractivity contribution >= 4 is 16.7 Å². The van der Waals surface area contributed by atoms with Gasteiger partial charge in [-0.2, -0.15) is 4.37 Å². The Bertz CT molecular complexity index is 388. The van der Waals surface area contributed by atoms with Crippen molar-refractivity contribution in [3.63, 3.8) is 0 Å². The highest BCUT2D eigenvalue weighted by Gasteiger charge is 2.18. The molecule has 0 amide bonds. The van der Waals surface area contributed by atoms with E-state index in [1.807, 2.05) is 0 Å². The number of rotatable bonds is 7. The Kier molecular flexibility index (Phi) is 6.19. The number of ether oxygens (including phenoxy) is 1. The fourth-order valence-corrected chi connectivity index (χ4v) is 3.05. The molecule has 5 nitrogen and oxygen atoms in total. The van der Waals surface area contributed by atoms with E-state index >= 15 is 0 Å². The predicted molar refractivity (Wildman–Crippen MR) is 83.3 cm³/mol. The molecule has 1 aliphatic rings. The van der Waals surface area contributed by atoms with E-state index in [1.54, 1.807) is 0 Å². The first-order chi connectivity index (χ1) is 9.65. The molecule has 3 N–H and O–H groups in total. The van der Waals surface area contributed by atoms with E-state index in [4.69, 9.17) is 10.5 Å². The minimum absolute atomic E-state index is 0.391. The highest BCUT2D eigenvalue weighted by molar-refractivity contribution is 7.09. The molecule has 0 atom stereocenters. The lowest BCUT2D eigenvalue weighted by atomic mass is 9.94. The van der Waals surface area contributed by atoms with E-state index in [-0.39, 0.29) is 0 Å². The maximum atomic E-state index is 5.88. The third-order valence-electron chi connectivity index (χ3n) is 3.63. The standard InChI is InChI=1S/C14H26N4OS/c1-10(2)13-17-14(20-18-13)16-8-3-9-19-12-6-4-11(15)5-7-12/h10-12H,3-9,15H2,1-2H3,(H,16,17,18). The molecule has 1 aromatic heterocycles. The molecule has 0 aromatic carbocycles. The SMILES string of the molecule is CC(C)c1nsc(NCCCOC2CCC(N)CC2)n1. The fourth-order valence-electron chi connectivity index (χ4n) is 2.31. The van der Waals surface area contributed by atoms with Crippen molar-refractivity contribution < 1.29 is 4.74 Å². The fraction of sp³-hybridized carbons (Fsp3) is 0.857. The van der Waals surface area contributed by atoms with Crippen LogP contribution in [0.25, 0.3) is 0 Å². The van der Waals surface area contributed by atoms with Crippen molar-refractivity contribution in [1.29, 1.82) is 0 Å². The molecule has 1 saturated carbocycles. The first-order valence-corrected chi connectivity index (χ1v) is 8.37. The zero-order valence-corrected chi connectivity index (χ0v) is 13.3. The smallest absolute Gasteiger partial charge is 0.202 e. The van der Waals surface area contributed by atoms with E-state index in [2.05, 4.69) is 28.5 Å². The summed E-state index contributed by atoms with van der Waals surface area (Å²) in [5, 5.41) is 4.22. The van der Waals surface area contributed by atoms with Crippen molar-refractivity contribution in [2.75, 3.05) is 18.5 Å². The average Bonchev–Trinajstić information content (AvgIpc) is 2.89. The average molecular weight is 298 g/mol. The molecule has 0 radical (unpaired) electrons. The van der Waals surface area contributed by atoms with Crippen LogP contribution in [0.1, 0.15) is 57.7 Å². The molecule has 1 heterocycles. The molecule has 0 bridgehead atoms. The van der Waals surface area contributed by atoms with Crippen LogP contribution in [0.2, 0.25) is 0 Å². The van der Waals surface area contributed by atoms with E-state index in [0.717, 1.165) is 56.2 Å². The third-order valence-corrected chi connectivity index (χ3v) is 4.31. The number of hydrogen-bond donors (Lipinski definition) is 2. The van der Waals surface area contributed by atoms with Crippen LogP contribution < -0.4 is 11.1 Å². The van der Waals surface area contributed by atoms with E-state index in [0.29, 0.717) is 18.1 Å². The van der Waals surface area contributed by atoms with Crippen molar-refractivity contribution in [3.8, 4) is 0 Å². The van der Waals surface area contributed by atoms with Crippen molar-refractivity contribution in [2.24, 2.45) is 5.73 Å². The number of nitrogens with zero attached hydrogens (tertiary/aromatic N) is 2. The van der Waals surface area contributed by atoms with Crippen LogP contribution in [0, 0.1) is 0 Å². The molecular weight excluding hydrogens is 272 g/mol. The van der Waals surface area contributed by atoms with Gasteiger partial charge in [-0.15, -0.1) is 0 Å². The summed E-state index contributed by atoms with van der Waals surface area (Å²) in [6.07, 6.45) is 5.85. The lowest BCUT2D eigenvalue weighted by molar-refractivity contribution is 0.0251. The summed E-state index contributed by atoms with van der Waals surface area (Å²) < 4.78 is 10.2. The van der Waals surface area contributed by atoms with Gasteiger partial charge in [0.25, 0.3) is 0 Å². The van der Waals surface area contributed by atoms with Gasteiger partial charge in [-0.05, 0) is 32.1 Å². The van der Waals surface area contributed by atoms with Gasteiger partial charge in [0.2, 0.25) is 5.13 Å². The van der Waals surface area contributed by atoms with Crippen molar-refractivity contribution in [1.82, 2.24) is 9.36 Å². The molecule has 1 aromatic rings. The van der Waals surface area contributed by atoms with Gasteiger partial charge < -0.3 is 15.8 Å². The second kappa shape index (κ2) is 7.90. The number of aromatic nitrogens is 2. The summed E-state index contributed by atoms with van der Waals surface area (Å²) >= 11 is 1.44. The summed E-state index contributed by atoms with van der Waals surface area (Å²) in [7, 11) is 0. The molecule has 20 heavy (non-hydrogen) atoms. The lowest BCUT2D eigenvalue weighted by Gasteiger charge is -2.26. The van der Waals surface area contributed by atoms with Gasteiger partial charge >= 0.3 is 0 Å². The van der Waals surface area contributed by atoms with Crippen molar-refractivity contribution in [3.05, 3.63) is 5.82 Å². The number of hydrogen-bond acceptors (Lipinski definition) is 6. The topological polar surface area (TPSA) is 73.1 Å². The molecule has 114 valence electrons. The van der Waals surface area contributed by atoms with Crippen LogP contribution in [-0.4, -0.2) is 34.7 Å². The summed E-state index contributed by atoms with van der Waals surface area (Å²) in [5.74, 6) is 1.31. The first kappa shape index (κ1) is 15.7. The summed E-state index contributed by atoms with van der Waals surface area (Å²) in [5.41, 5.74) is 5.88. The second-order valence-electron chi connectivity index (χ2n) is 5.80. The van der Waals surface area contributed by atoms with Gasteiger partial charge in [-0.1, -0.05) is 13.8 Å². The lowest BCUT2D eigenvalue weighted by Crippen LogP contribution is -2.30. The highest BCUT2D eigenvalue weighted by atomic mass is 32.1. The van der Waals surface area contributed by atoms with Crippen LogP contribution in [0.15, 0.2) is 0 Å². The molecular formula is C14H26N4OS. The van der Waals surface area contributed by atoms with Gasteiger partial charge in [0.15, 0.2) is 0 Å². The van der Waals surface area contributed by atoms with Gasteiger partial charge in [0.1, 0.15) is 5.82 Å². The molecule has 0 spiro atoms. The molecule has 1 fully saturated rings. The first-order valence-electron chi connectivity index (χ1n) is 7.60. The van der Waals surface area contributed by atoms with Crippen LogP contribution >= 0.6 is 11.5 Å². The van der Waals surface area contributed by atoms with Crippen LogP contribution in [-0.2, 0) is 4.74 Å². The molecule has 2 rings (SSSR count). The van der Waals surface area contributed by atoms with E-state index < -0.39 is 0 Å². The minimum atomic E-state index is 0.391. The maximum absolute atomic E-state index is 5.88. The monoisotopic (exact) mass is 298 g/mol. The summed E-state index contributed by atoms with van der Waals surface area (Å²) in [6.45, 7) is 5.91. The Morgan fingerprint density at radius 3 is 2.75 bits per heavy atom. The minimum Gasteiger partial charge on any atom is -0.378 e. The summed E-state index contributed by atoms with van der Waals surface area (Å²) in [6, 6.07) is 0.393. The number of nitrogens with two attached hydrogens (primary N) is 1. The Labute approximate surface area is 125 Å². The van der Waals surface area contributed by atoms with E-state index in [9.17, 15) is 0 Å². The Morgan fingerprint density at radius 1 is 1.35 bits per heavy atom. The van der Waals surface area contributed by atoms with E-state index in [1.165, 1.54) is 11.5 Å². The van der Waals surface area contributed by atoms with Gasteiger partial charge in [0.05, 0.1) is 6.10 Å². The normalized spacial score (nSPS) is 23.2. The summed E-state index contributed by atoms with van der Waals surface area (Å²) in [4.78, 5) is 4.45. The van der Waals surface area contributed by atoms with Crippen LogP contribution in [0.3, 0.4) is 0 Å². The maximum Gasteiger partial charge on any atom is 0.202 e. The van der Waals surface area contributed by atoms with Crippen molar-refractivity contribution in [2.45, 2.75) is 64.0 Å². The molecule has 6 heteroatoms. The zero-order chi connectivity index (χ0) is 14.4.